The van der Waals surface area contributed by atoms with Crippen LogP contribution in [0, 0.1) is 0 Å². The molecule has 1 saturated heterocycles. The maximum absolute atomic E-state index is 12.0. The Labute approximate surface area is 115 Å². The highest BCUT2D eigenvalue weighted by Crippen LogP contribution is 2.15. The Bertz CT molecular complexity index is 612. The van der Waals surface area contributed by atoms with Crippen LogP contribution in [0.2, 0.25) is 5.02 Å². The van der Waals surface area contributed by atoms with E-state index >= 15 is 0 Å². The Morgan fingerprint density at radius 2 is 1.84 bits per heavy atom. The van der Waals surface area contributed by atoms with Gasteiger partial charge in [0.1, 0.15) is 5.82 Å². The Morgan fingerprint density at radius 3 is 2.53 bits per heavy atom. The van der Waals surface area contributed by atoms with E-state index in [1.54, 1.807) is 16.7 Å². The number of morpholine rings is 1. The molecule has 2 heterocycles. The molecule has 0 spiro atoms. The van der Waals surface area contributed by atoms with Crippen molar-refractivity contribution in [3.63, 3.8) is 0 Å². The first-order valence-corrected chi connectivity index (χ1v) is 6.52. The highest BCUT2D eigenvalue weighted by molar-refractivity contribution is 6.30. The van der Waals surface area contributed by atoms with E-state index < -0.39 is 0 Å². The maximum Gasteiger partial charge on any atom is 0.331 e. The van der Waals surface area contributed by atoms with Gasteiger partial charge in [-0.3, -0.25) is 9.55 Å². The lowest BCUT2D eigenvalue weighted by molar-refractivity contribution is 0.122. The number of rotatable bonds is 2. The van der Waals surface area contributed by atoms with E-state index in [1.807, 2.05) is 18.3 Å². The van der Waals surface area contributed by atoms with Gasteiger partial charge in [0.25, 0.3) is 0 Å². The zero-order valence-corrected chi connectivity index (χ0v) is 11.1. The van der Waals surface area contributed by atoms with Gasteiger partial charge in [-0.15, -0.1) is 0 Å². The standard InChI is InChI=1S/C13H14ClN3O2/c14-10-1-3-11(4-2-10)17-9-12(15-13(17)18)16-5-7-19-8-6-16/h1-4,9H,5-8H2,(H,15,18). The molecule has 5 nitrogen and oxygen atoms in total. The summed E-state index contributed by atoms with van der Waals surface area (Å²) in [5.74, 6) is 0.822. The number of benzene rings is 1. The second-order valence-corrected chi connectivity index (χ2v) is 4.83. The van der Waals surface area contributed by atoms with Crippen LogP contribution in [0.1, 0.15) is 0 Å². The summed E-state index contributed by atoms with van der Waals surface area (Å²) >= 11 is 5.85. The zero-order chi connectivity index (χ0) is 13.2. The number of anilines is 1. The second kappa shape index (κ2) is 5.11. The van der Waals surface area contributed by atoms with Gasteiger partial charge >= 0.3 is 5.69 Å². The molecule has 0 aliphatic carbocycles. The summed E-state index contributed by atoms with van der Waals surface area (Å²) in [6.45, 7) is 2.96. The first kappa shape index (κ1) is 12.3. The van der Waals surface area contributed by atoms with Crippen LogP contribution in [-0.4, -0.2) is 35.9 Å². The van der Waals surface area contributed by atoms with Crippen molar-refractivity contribution >= 4 is 17.4 Å². The predicted molar refractivity (Wildman–Crippen MR) is 74.4 cm³/mol. The van der Waals surface area contributed by atoms with E-state index in [2.05, 4.69) is 9.88 Å². The van der Waals surface area contributed by atoms with Crippen molar-refractivity contribution in [2.75, 3.05) is 31.2 Å². The van der Waals surface area contributed by atoms with Crippen molar-refractivity contribution in [3.05, 3.63) is 46.0 Å². The third-order valence-electron chi connectivity index (χ3n) is 3.16. The molecule has 100 valence electrons. The van der Waals surface area contributed by atoms with E-state index in [1.165, 1.54) is 0 Å². The molecular formula is C13H14ClN3O2. The lowest BCUT2D eigenvalue weighted by Crippen LogP contribution is -2.36. The van der Waals surface area contributed by atoms with Crippen LogP contribution >= 0.6 is 11.6 Å². The quantitative estimate of drug-likeness (QED) is 0.909. The van der Waals surface area contributed by atoms with E-state index in [4.69, 9.17) is 16.3 Å². The molecule has 1 aliphatic heterocycles. The number of aromatic amines is 1. The third-order valence-corrected chi connectivity index (χ3v) is 3.41. The average Bonchev–Trinajstić information content (AvgIpc) is 2.83. The molecule has 0 bridgehead atoms. The number of nitrogens with one attached hydrogen (secondary N) is 1. The van der Waals surface area contributed by atoms with Crippen LogP contribution in [0.25, 0.3) is 5.69 Å². The predicted octanol–water partition coefficient (Wildman–Crippen LogP) is 1.66. The van der Waals surface area contributed by atoms with Crippen LogP contribution in [-0.2, 0) is 4.74 Å². The van der Waals surface area contributed by atoms with E-state index in [0.717, 1.165) is 24.6 Å². The fourth-order valence-corrected chi connectivity index (χ4v) is 2.27. The molecule has 3 rings (SSSR count). The van der Waals surface area contributed by atoms with Crippen molar-refractivity contribution in [2.45, 2.75) is 0 Å². The molecule has 2 aromatic rings. The molecule has 1 aromatic carbocycles. The SMILES string of the molecule is O=c1[nH]c(N2CCOCC2)cn1-c1ccc(Cl)cc1. The molecule has 1 fully saturated rings. The topological polar surface area (TPSA) is 50.3 Å². The van der Waals surface area contributed by atoms with Gasteiger partial charge in [0.15, 0.2) is 0 Å². The number of hydrogen-bond acceptors (Lipinski definition) is 3. The van der Waals surface area contributed by atoms with Crippen molar-refractivity contribution < 1.29 is 4.74 Å². The van der Waals surface area contributed by atoms with E-state index in [9.17, 15) is 4.79 Å². The van der Waals surface area contributed by atoms with Crippen molar-refractivity contribution in [2.24, 2.45) is 0 Å². The van der Waals surface area contributed by atoms with Crippen LogP contribution in [0.15, 0.2) is 35.3 Å². The van der Waals surface area contributed by atoms with Crippen LogP contribution < -0.4 is 10.6 Å². The number of hydrogen-bond donors (Lipinski definition) is 1. The fourth-order valence-electron chi connectivity index (χ4n) is 2.14. The number of halogens is 1. The summed E-state index contributed by atoms with van der Waals surface area (Å²) < 4.78 is 6.89. The number of nitrogens with zero attached hydrogens (tertiary/aromatic N) is 2. The molecule has 19 heavy (non-hydrogen) atoms. The third kappa shape index (κ3) is 2.52. The summed E-state index contributed by atoms with van der Waals surface area (Å²) in [6.07, 6.45) is 1.82. The molecule has 0 radical (unpaired) electrons. The summed E-state index contributed by atoms with van der Waals surface area (Å²) in [7, 11) is 0. The highest BCUT2D eigenvalue weighted by Gasteiger charge is 2.14. The van der Waals surface area contributed by atoms with Crippen LogP contribution in [0.3, 0.4) is 0 Å². The number of imidazole rings is 1. The monoisotopic (exact) mass is 279 g/mol. The first-order valence-electron chi connectivity index (χ1n) is 6.14. The van der Waals surface area contributed by atoms with Crippen molar-refractivity contribution in [1.29, 1.82) is 0 Å². The van der Waals surface area contributed by atoms with Crippen LogP contribution in [0.4, 0.5) is 5.82 Å². The minimum Gasteiger partial charge on any atom is -0.378 e. The molecule has 0 saturated carbocycles. The minimum absolute atomic E-state index is 0.149. The fraction of sp³-hybridized carbons (Fsp3) is 0.308. The molecule has 6 heteroatoms. The smallest absolute Gasteiger partial charge is 0.331 e. The van der Waals surface area contributed by atoms with Gasteiger partial charge in [-0.2, -0.15) is 0 Å². The van der Waals surface area contributed by atoms with Gasteiger partial charge in [-0.25, -0.2) is 4.79 Å². The number of H-pyrrole nitrogens is 1. The van der Waals surface area contributed by atoms with E-state index in [0.29, 0.717) is 18.2 Å². The first-order chi connectivity index (χ1) is 9.24. The number of aromatic nitrogens is 2. The zero-order valence-electron chi connectivity index (χ0n) is 10.3. The molecule has 1 aliphatic rings. The Hall–Kier alpha value is -1.72. The second-order valence-electron chi connectivity index (χ2n) is 4.39. The largest absolute Gasteiger partial charge is 0.378 e. The summed E-state index contributed by atoms with van der Waals surface area (Å²) in [5, 5.41) is 0.653. The average molecular weight is 280 g/mol. The van der Waals surface area contributed by atoms with E-state index in [-0.39, 0.29) is 5.69 Å². The summed E-state index contributed by atoms with van der Waals surface area (Å²) in [6, 6.07) is 7.18. The minimum atomic E-state index is -0.149. The normalized spacial score (nSPS) is 15.7. The highest BCUT2D eigenvalue weighted by atomic mass is 35.5. The van der Waals surface area contributed by atoms with Gasteiger partial charge < -0.3 is 9.64 Å². The molecule has 1 aromatic heterocycles. The molecular weight excluding hydrogens is 266 g/mol. The molecule has 0 atom stereocenters. The van der Waals surface area contributed by atoms with Gasteiger partial charge in [-0.05, 0) is 24.3 Å². The van der Waals surface area contributed by atoms with Gasteiger partial charge in [0.05, 0.1) is 25.1 Å². The maximum atomic E-state index is 12.0. The lowest BCUT2D eigenvalue weighted by atomic mass is 10.3. The van der Waals surface area contributed by atoms with Gasteiger partial charge in [0, 0.05) is 18.1 Å². The Balaban J connectivity index is 1.92. The summed E-state index contributed by atoms with van der Waals surface area (Å²) in [4.78, 5) is 17.0. The molecule has 1 N–H and O–H groups in total. The lowest BCUT2D eigenvalue weighted by Gasteiger charge is -2.26. The molecule has 0 amide bonds. The van der Waals surface area contributed by atoms with Gasteiger partial charge in [-0.1, -0.05) is 11.6 Å². The van der Waals surface area contributed by atoms with Gasteiger partial charge in [0.2, 0.25) is 0 Å². The summed E-state index contributed by atoms with van der Waals surface area (Å²) in [5.41, 5.74) is 0.647. The number of ether oxygens (including phenoxy) is 1. The molecule has 0 unspecified atom stereocenters. The Kier molecular flexibility index (Phi) is 3.31. The van der Waals surface area contributed by atoms with Crippen molar-refractivity contribution in [3.8, 4) is 5.69 Å². The van der Waals surface area contributed by atoms with Crippen molar-refractivity contribution in [1.82, 2.24) is 9.55 Å². The van der Waals surface area contributed by atoms with Crippen LogP contribution in [0.5, 0.6) is 0 Å². The Morgan fingerprint density at radius 1 is 1.16 bits per heavy atom.